The van der Waals surface area contributed by atoms with Crippen LogP contribution in [0, 0.1) is 5.41 Å². The molecular formula is C14H36O. The van der Waals surface area contributed by atoms with E-state index in [2.05, 4.69) is 60.1 Å². The molecule has 0 aromatic carbocycles. The number of unbranched alkanes of at least 4 members (excludes halogenated alkanes) is 1. The third-order valence-electron chi connectivity index (χ3n) is 0.500. The summed E-state index contributed by atoms with van der Waals surface area (Å²) in [6, 6.07) is 0. The number of hydrogen-bond acceptors (Lipinski definition) is 1. The van der Waals surface area contributed by atoms with E-state index in [0.29, 0.717) is 5.41 Å². The zero-order chi connectivity index (χ0) is 13.3. The van der Waals surface area contributed by atoms with Gasteiger partial charge in [-0.3, -0.25) is 0 Å². The number of methoxy groups -OCH3 is 1. The van der Waals surface area contributed by atoms with E-state index in [1.807, 2.05) is 0 Å². The Labute approximate surface area is 99.6 Å². The lowest BCUT2D eigenvalue weighted by molar-refractivity contribution is 0.277. The van der Waals surface area contributed by atoms with Gasteiger partial charge in [-0.15, -0.1) is 0 Å². The second-order valence-corrected chi connectivity index (χ2v) is 5.12. The Hall–Kier alpha value is -0.0400. The molecule has 0 N–H and O–H groups in total. The van der Waals surface area contributed by atoms with E-state index in [0.717, 1.165) is 0 Å². The molecule has 0 saturated heterocycles. The van der Waals surface area contributed by atoms with Crippen LogP contribution in [0.3, 0.4) is 0 Å². The van der Waals surface area contributed by atoms with Crippen molar-refractivity contribution in [2.24, 2.45) is 5.41 Å². The first kappa shape index (κ1) is 24.3. The van der Waals surface area contributed by atoms with Crippen LogP contribution >= 0.6 is 0 Å². The minimum absolute atomic E-state index is 0.500. The molecule has 0 saturated carbocycles. The Morgan fingerprint density at radius 2 is 0.800 bits per heavy atom. The molecule has 0 aliphatic carbocycles. The van der Waals surface area contributed by atoms with Crippen molar-refractivity contribution in [1.29, 1.82) is 0 Å². The lowest BCUT2D eigenvalue weighted by Gasteiger charge is -2.05. The molecule has 98 valence electrons. The fourth-order valence-electron chi connectivity index (χ4n) is 0. The van der Waals surface area contributed by atoms with E-state index in [-0.39, 0.29) is 0 Å². The van der Waals surface area contributed by atoms with Crippen LogP contribution in [-0.4, -0.2) is 14.2 Å². The molecule has 1 heteroatoms. The molecule has 0 atom stereocenters. The van der Waals surface area contributed by atoms with Crippen molar-refractivity contribution < 1.29 is 4.74 Å². The summed E-state index contributed by atoms with van der Waals surface area (Å²) in [7, 11) is 3.25. The number of rotatable bonds is 1. The second-order valence-electron chi connectivity index (χ2n) is 5.12. The molecule has 0 amide bonds. The first-order valence-corrected chi connectivity index (χ1v) is 6.14. The van der Waals surface area contributed by atoms with Crippen LogP contribution in [0.1, 0.15) is 74.7 Å². The summed E-state index contributed by atoms with van der Waals surface area (Å²) in [5.74, 6) is 0. The zero-order valence-corrected chi connectivity index (χ0v) is 13.0. The van der Waals surface area contributed by atoms with Gasteiger partial charge in [0.15, 0.2) is 0 Å². The Kier molecular flexibility index (Phi) is 38.2. The van der Waals surface area contributed by atoms with E-state index < -0.39 is 0 Å². The van der Waals surface area contributed by atoms with Gasteiger partial charge in [-0.1, -0.05) is 74.7 Å². The molecule has 0 aromatic rings. The van der Waals surface area contributed by atoms with E-state index in [1.54, 1.807) is 14.2 Å². The molecule has 0 spiro atoms. The topological polar surface area (TPSA) is 9.23 Å². The zero-order valence-electron chi connectivity index (χ0n) is 13.0. The Balaban J connectivity index is -0.0000000553. The molecule has 1 nitrogen and oxygen atoms in total. The smallest absolute Gasteiger partial charge is 0.0351 e. The van der Waals surface area contributed by atoms with E-state index in [9.17, 15) is 0 Å². The fraction of sp³-hybridized carbons (Fsp3) is 1.00. The summed E-state index contributed by atoms with van der Waals surface area (Å²) in [4.78, 5) is 0. The quantitative estimate of drug-likeness (QED) is 0.564. The molecule has 0 unspecified atom stereocenters. The van der Waals surface area contributed by atoms with Crippen molar-refractivity contribution in [3.05, 3.63) is 0 Å². The average molecular weight is 220 g/mol. The molecular weight excluding hydrogens is 184 g/mol. The highest BCUT2D eigenvalue weighted by atomic mass is 16.4. The summed E-state index contributed by atoms with van der Waals surface area (Å²) in [6.45, 7) is 17.4. The standard InChI is InChI=1S/C5H12.C4H10.C3H8.C2H6O/c1-5(2,3)4;1-3-4-2;2*1-3-2/h1-4H3;3-4H2,1-2H3;3H2,1-2H3;1-2H3. The molecule has 0 aliphatic rings. The third kappa shape index (κ3) is 2170. The van der Waals surface area contributed by atoms with Gasteiger partial charge in [0.05, 0.1) is 0 Å². The van der Waals surface area contributed by atoms with Crippen molar-refractivity contribution in [2.75, 3.05) is 14.2 Å². The summed E-state index contributed by atoms with van der Waals surface area (Å²) in [5.41, 5.74) is 0.500. The second kappa shape index (κ2) is 23.6. The molecule has 0 rings (SSSR count). The van der Waals surface area contributed by atoms with Crippen LogP contribution in [0.2, 0.25) is 0 Å². The van der Waals surface area contributed by atoms with E-state index >= 15 is 0 Å². The monoisotopic (exact) mass is 220 g/mol. The largest absolute Gasteiger partial charge is 0.388 e. The minimum Gasteiger partial charge on any atom is -0.388 e. The minimum atomic E-state index is 0.500. The van der Waals surface area contributed by atoms with Crippen LogP contribution in [0.25, 0.3) is 0 Å². The van der Waals surface area contributed by atoms with Crippen molar-refractivity contribution >= 4 is 0 Å². The highest BCUT2D eigenvalue weighted by Crippen LogP contribution is 2.08. The highest BCUT2D eigenvalue weighted by Gasteiger charge is 1.95. The van der Waals surface area contributed by atoms with Crippen LogP contribution < -0.4 is 0 Å². The van der Waals surface area contributed by atoms with Crippen molar-refractivity contribution in [3.63, 3.8) is 0 Å². The Bertz CT molecular complexity index is 52.2. The van der Waals surface area contributed by atoms with Gasteiger partial charge in [0.25, 0.3) is 0 Å². The first-order valence-electron chi connectivity index (χ1n) is 6.14. The maximum atomic E-state index is 4.25. The number of hydrogen-bond donors (Lipinski definition) is 0. The number of ether oxygens (including phenoxy) is 1. The van der Waals surface area contributed by atoms with Gasteiger partial charge in [-0.05, 0) is 5.41 Å². The molecule has 0 fully saturated rings. The van der Waals surface area contributed by atoms with E-state index in [1.165, 1.54) is 19.3 Å². The van der Waals surface area contributed by atoms with Crippen LogP contribution in [0.15, 0.2) is 0 Å². The van der Waals surface area contributed by atoms with Gasteiger partial charge in [0.2, 0.25) is 0 Å². The van der Waals surface area contributed by atoms with Crippen molar-refractivity contribution in [1.82, 2.24) is 0 Å². The van der Waals surface area contributed by atoms with Gasteiger partial charge in [0.1, 0.15) is 0 Å². The first-order chi connectivity index (χ1) is 6.74. The maximum absolute atomic E-state index is 4.25. The summed E-state index contributed by atoms with van der Waals surface area (Å²) in [6.07, 6.45) is 3.89. The Morgan fingerprint density at radius 1 is 0.733 bits per heavy atom. The van der Waals surface area contributed by atoms with Crippen molar-refractivity contribution in [2.45, 2.75) is 74.7 Å². The molecule has 0 aromatic heterocycles. The summed E-state index contributed by atoms with van der Waals surface area (Å²) < 4.78 is 4.25. The molecule has 0 radical (unpaired) electrons. The average Bonchev–Trinajstić information content (AvgIpc) is 2.04. The molecule has 0 aliphatic heterocycles. The molecule has 15 heavy (non-hydrogen) atoms. The lowest BCUT2D eigenvalue weighted by Crippen LogP contribution is -1.93. The summed E-state index contributed by atoms with van der Waals surface area (Å²) >= 11 is 0. The fourth-order valence-corrected chi connectivity index (χ4v) is 0. The van der Waals surface area contributed by atoms with Gasteiger partial charge in [-0.2, -0.15) is 0 Å². The van der Waals surface area contributed by atoms with Crippen LogP contribution in [0.4, 0.5) is 0 Å². The predicted octanol–water partition coefficient (Wildman–Crippen LogP) is 5.54. The van der Waals surface area contributed by atoms with Gasteiger partial charge >= 0.3 is 0 Å². The van der Waals surface area contributed by atoms with Gasteiger partial charge in [-0.25, -0.2) is 0 Å². The van der Waals surface area contributed by atoms with Crippen LogP contribution in [0.5, 0.6) is 0 Å². The van der Waals surface area contributed by atoms with Crippen LogP contribution in [-0.2, 0) is 4.74 Å². The SMILES string of the molecule is CC(C)(C)C.CCC.CCCC.COC. The molecule has 0 heterocycles. The van der Waals surface area contributed by atoms with Gasteiger partial charge < -0.3 is 4.74 Å². The maximum Gasteiger partial charge on any atom is 0.0351 e. The predicted molar refractivity (Wildman–Crippen MR) is 74.6 cm³/mol. The van der Waals surface area contributed by atoms with E-state index in [4.69, 9.17) is 0 Å². The normalized spacial score (nSPS) is 8.40. The molecule has 0 bridgehead atoms. The Morgan fingerprint density at radius 3 is 0.800 bits per heavy atom. The third-order valence-corrected chi connectivity index (χ3v) is 0.500. The highest BCUT2D eigenvalue weighted by molar-refractivity contribution is 4.47. The lowest BCUT2D eigenvalue weighted by atomic mass is 10.0. The summed E-state index contributed by atoms with van der Waals surface area (Å²) in [5, 5.41) is 0. The van der Waals surface area contributed by atoms with Gasteiger partial charge in [0, 0.05) is 14.2 Å². The van der Waals surface area contributed by atoms with Crippen molar-refractivity contribution in [3.8, 4) is 0 Å².